The summed E-state index contributed by atoms with van der Waals surface area (Å²) < 4.78 is 7.40. The van der Waals surface area contributed by atoms with Gasteiger partial charge in [0, 0.05) is 12.4 Å². The number of hydrogen-bond donors (Lipinski definition) is 0. The highest BCUT2D eigenvalue weighted by Crippen LogP contribution is 2.17. The van der Waals surface area contributed by atoms with Gasteiger partial charge in [0.15, 0.2) is 0 Å². The second kappa shape index (κ2) is 2.60. The van der Waals surface area contributed by atoms with Crippen LogP contribution in [0.2, 0.25) is 0 Å². The van der Waals surface area contributed by atoms with E-state index in [1.54, 1.807) is 0 Å². The minimum atomic E-state index is 0.460. The van der Waals surface area contributed by atoms with Gasteiger partial charge in [-0.2, -0.15) is 0 Å². The van der Waals surface area contributed by atoms with Crippen LogP contribution in [0.3, 0.4) is 0 Å². The molecule has 2 nitrogen and oxygen atoms in total. The molecule has 3 rings (SSSR count). The van der Waals surface area contributed by atoms with Crippen molar-refractivity contribution < 1.29 is 4.74 Å². The number of fused-ring (bicyclic) bond motifs is 1. The molecule has 0 amide bonds. The molecule has 0 saturated carbocycles. The van der Waals surface area contributed by atoms with E-state index in [1.807, 2.05) is 0 Å². The molecule has 1 fully saturated rings. The summed E-state index contributed by atoms with van der Waals surface area (Å²) in [5.41, 5.74) is 0. The summed E-state index contributed by atoms with van der Waals surface area (Å²) >= 11 is 0. The maximum atomic E-state index is 5.19. The zero-order valence-corrected chi connectivity index (χ0v) is 7.31. The molecule has 1 atom stereocenters. The molecule has 0 radical (unpaired) electrons. The van der Waals surface area contributed by atoms with E-state index in [9.17, 15) is 0 Å². The molecule has 13 heavy (non-hydrogen) atoms. The van der Waals surface area contributed by atoms with Gasteiger partial charge in [-0.05, 0) is 10.8 Å². The van der Waals surface area contributed by atoms with Crippen molar-refractivity contribution in [2.24, 2.45) is 0 Å². The van der Waals surface area contributed by atoms with Gasteiger partial charge in [-0.1, -0.05) is 24.3 Å². The van der Waals surface area contributed by atoms with Crippen molar-refractivity contribution >= 4 is 10.8 Å². The Morgan fingerprint density at radius 1 is 1.23 bits per heavy atom. The summed E-state index contributed by atoms with van der Waals surface area (Å²) in [6, 6.07) is 8.42. The average Bonchev–Trinajstić information content (AvgIpc) is 2.85. The van der Waals surface area contributed by atoms with E-state index in [-0.39, 0.29) is 0 Å². The van der Waals surface area contributed by atoms with Crippen LogP contribution in [0.25, 0.3) is 10.8 Å². The maximum absolute atomic E-state index is 5.19. The summed E-state index contributed by atoms with van der Waals surface area (Å²) in [6.45, 7) is 1.92. The number of rotatable bonds is 2. The van der Waals surface area contributed by atoms with Crippen LogP contribution in [0, 0.1) is 0 Å². The van der Waals surface area contributed by atoms with Crippen molar-refractivity contribution in [1.29, 1.82) is 0 Å². The van der Waals surface area contributed by atoms with Crippen molar-refractivity contribution in [3.8, 4) is 0 Å². The Labute approximate surface area is 76.7 Å². The third-order valence-corrected chi connectivity index (χ3v) is 2.42. The second-order valence-electron chi connectivity index (χ2n) is 3.54. The fraction of sp³-hybridized carbons (Fsp3) is 0.273. The van der Waals surface area contributed by atoms with E-state index >= 15 is 0 Å². The van der Waals surface area contributed by atoms with Crippen molar-refractivity contribution in [2.75, 3.05) is 6.61 Å². The standard InChI is InChI=1S/C11H11NO/c1-2-4-10-6-12(5-9(10)3-1)7-11-8-13-11/h1-6,11H,7-8H2. The summed E-state index contributed by atoms with van der Waals surface area (Å²) in [7, 11) is 0. The highest BCUT2D eigenvalue weighted by Gasteiger charge is 2.22. The van der Waals surface area contributed by atoms with Crippen molar-refractivity contribution in [3.63, 3.8) is 0 Å². The Morgan fingerprint density at radius 3 is 2.38 bits per heavy atom. The highest BCUT2D eigenvalue weighted by molar-refractivity contribution is 5.82. The predicted octanol–water partition coefficient (Wildman–Crippen LogP) is 2.04. The second-order valence-corrected chi connectivity index (χ2v) is 3.54. The topological polar surface area (TPSA) is 17.5 Å². The average molecular weight is 173 g/mol. The van der Waals surface area contributed by atoms with Gasteiger partial charge in [0.25, 0.3) is 0 Å². The highest BCUT2D eigenvalue weighted by atomic mass is 16.6. The minimum absolute atomic E-state index is 0.460. The molecule has 2 aromatic rings. The molecule has 1 unspecified atom stereocenters. The molecule has 66 valence electrons. The van der Waals surface area contributed by atoms with Crippen LogP contribution < -0.4 is 0 Å². The summed E-state index contributed by atoms with van der Waals surface area (Å²) in [5, 5.41) is 2.62. The van der Waals surface area contributed by atoms with Gasteiger partial charge in [-0.3, -0.25) is 0 Å². The smallest absolute Gasteiger partial charge is 0.0988 e. The molecule has 0 aliphatic carbocycles. The van der Waals surface area contributed by atoms with E-state index in [0.717, 1.165) is 13.2 Å². The molecule has 1 aliphatic heterocycles. The molecule has 1 saturated heterocycles. The number of benzene rings is 1. The van der Waals surface area contributed by atoms with E-state index < -0.39 is 0 Å². The number of aromatic nitrogens is 1. The van der Waals surface area contributed by atoms with Crippen molar-refractivity contribution in [3.05, 3.63) is 36.7 Å². The van der Waals surface area contributed by atoms with Crippen LogP contribution >= 0.6 is 0 Å². The van der Waals surface area contributed by atoms with E-state index in [0.29, 0.717) is 6.10 Å². The first-order chi connectivity index (χ1) is 6.42. The molecular formula is C11H11NO. The Balaban J connectivity index is 2.00. The fourth-order valence-electron chi connectivity index (χ4n) is 1.65. The van der Waals surface area contributed by atoms with Crippen LogP contribution in [0.1, 0.15) is 0 Å². The van der Waals surface area contributed by atoms with Crippen LogP contribution in [0.15, 0.2) is 36.7 Å². The first-order valence-electron chi connectivity index (χ1n) is 4.58. The molecule has 1 aliphatic rings. The Kier molecular flexibility index (Phi) is 1.43. The lowest BCUT2D eigenvalue weighted by Crippen LogP contribution is -1.99. The SMILES string of the molecule is c1ccc2cn(CC3CO3)cc2c1. The van der Waals surface area contributed by atoms with Crippen molar-refractivity contribution in [2.45, 2.75) is 12.6 Å². The van der Waals surface area contributed by atoms with Gasteiger partial charge < -0.3 is 9.30 Å². The maximum Gasteiger partial charge on any atom is 0.0988 e. The summed E-state index contributed by atoms with van der Waals surface area (Å²) in [4.78, 5) is 0. The molecule has 1 aromatic carbocycles. The first kappa shape index (κ1) is 7.15. The molecule has 0 bridgehead atoms. The predicted molar refractivity (Wildman–Crippen MR) is 51.7 cm³/mol. The lowest BCUT2D eigenvalue weighted by atomic mass is 10.2. The summed E-state index contributed by atoms with van der Waals surface area (Å²) in [6.07, 6.45) is 4.82. The minimum Gasteiger partial charge on any atom is -0.371 e. The van der Waals surface area contributed by atoms with E-state index in [4.69, 9.17) is 4.74 Å². The molecule has 2 heterocycles. The quantitative estimate of drug-likeness (QED) is 0.635. The zero-order chi connectivity index (χ0) is 8.67. The molecule has 1 aromatic heterocycles. The number of nitrogens with zero attached hydrogens (tertiary/aromatic N) is 1. The zero-order valence-electron chi connectivity index (χ0n) is 7.31. The molecule has 2 heteroatoms. The number of ether oxygens (including phenoxy) is 1. The largest absolute Gasteiger partial charge is 0.371 e. The third kappa shape index (κ3) is 1.33. The van der Waals surface area contributed by atoms with Crippen LogP contribution in [0.5, 0.6) is 0 Å². The molecular weight excluding hydrogens is 162 g/mol. The number of epoxide rings is 1. The van der Waals surface area contributed by atoms with Crippen LogP contribution in [-0.4, -0.2) is 17.3 Å². The van der Waals surface area contributed by atoms with E-state index in [1.165, 1.54) is 10.8 Å². The van der Waals surface area contributed by atoms with Crippen LogP contribution in [0.4, 0.5) is 0 Å². The number of hydrogen-bond acceptors (Lipinski definition) is 1. The lowest BCUT2D eigenvalue weighted by molar-refractivity contribution is 0.383. The monoisotopic (exact) mass is 173 g/mol. The molecule has 0 N–H and O–H groups in total. The fourth-order valence-corrected chi connectivity index (χ4v) is 1.65. The Morgan fingerprint density at radius 2 is 1.85 bits per heavy atom. The van der Waals surface area contributed by atoms with Crippen LogP contribution in [-0.2, 0) is 11.3 Å². The first-order valence-corrected chi connectivity index (χ1v) is 4.58. The van der Waals surface area contributed by atoms with Gasteiger partial charge in [0.05, 0.1) is 19.3 Å². The van der Waals surface area contributed by atoms with Gasteiger partial charge in [-0.15, -0.1) is 0 Å². The third-order valence-electron chi connectivity index (χ3n) is 2.42. The van der Waals surface area contributed by atoms with Gasteiger partial charge in [-0.25, -0.2) is 0 Å². The molecule has 0 spiro atoms. The van der Waals surface area contributed by atoms with Gasteiger partial charge >= 0.3 is 0 Å². The van der Waals surface area contributed by atoms with Crippen molar-refractivity contribution in [1.82, 2.24) is 4.57 Å². The Bertz CT molecular complexity index is 395. The van der Waals surface area contributed by atoms with Gasteiger partial charge in [0.1, 0.15) is 0 Å². The van der Waals surface area contributed by atoms with Gasteiger partial charge in [0.2, 0.25) is 0 Å². The normalized spacial score (nSPS) is 20.8. The van der Waals surface area contributed by atoms with E-state index in [2.05, 4.69) is 41.2 Å². The summed E-state index contributed by atoms with van der Waals surface area (Å²) in [5.74, 6) is 0. The lowest BCUT2D eigenvalue weighted by Gasteiger charge is -1.95. The Hall–Kier alpha value is -1.28.